The first-order chi connectivity index (χ1) is 15.9. The second kappa shape index (κ2) is 8.77. The van der Waals surface area contributed by atoms with Gasteiger partial charge < -0.3 is 20.5 Å². The molecule has 1 unspecified atom stereocenters. The molecule has 2 aliphatic rings. The molecule has 184 valence electrons. The predicted octanol–water partition coefficient (Wildman–Crippen LogP) is 3.93. The van der Waals surface area contributed by atoms with E-state index in [2.05, 4.69) is 10.1 Å². The third-order valence-electron chi connectivity index (χ3n) is 6.76. The minimum absolute atomic E-state index is 0.0909. The molecule has 1 aliphatic carbocycles. The number of primary amides is 1. The van der Waals surface area contributed by atoms with Crippen molar-refractivity contribution < 1.29 is 35.9 Å². The van der Waals surface area contributed by atoms with Crippen molar-refractivity contribution in [3.8, 4) is 17.2 Å². The average molecular weight is 499 g/mol. The fourth-order valence-corrected chi connectivity index (χ4v) is 7.09. The van der Waals surface area contributed by atoms with Gasteiger partial charge in [0.05, 0.1) is 4.90 Å². The lowest BCUT2D eigenvalue weighted by Gasteiger charge is -2.35. The molecular formula is C23H25F3N2O5S. The van der Waals surface area contributed by atoms with Crippen molar-refractivity contribution in [2.45, 2.75) is 48.1 Å². The Kier molecular flexibility index (Phi) is 6.28. The second-order valence-corrected chi connectivity index (χ2v) is 11.1. The largest absolute Gasteiger partial charge is 0.573 e. The summed E-state index contributed by atoms with van der Waals surface area (Å²) in [6.45, 7) is 1.54. The molecule has 1 saturated carbocycles. The van der Waals surface area contributed by atoms with Crippen LogP contribution < -0.4 is 20.5 Å². The molecule has 34 heavy (non-hydrogen) atoms. The highest BCUT2D eigenvalue weighted by Crippen LogP contribution is 2.54. The first kappa shape index (κ1) is 24.3. The van der Waals surface area contributed by atoms with Crippen molar-refractivity contribution >= 4 is 15.7 Å². The van der Waals surface area contributed by atoms with Gasteiger partial charge >= 0.3 is 6.36 Å². The fraction of sp³-hybridized carbons (Fsp3) is 0.435. The predicted molar refractivity (Wildman–Crippen MR) is 117 cm³/mol. The number of benzene rings is 2. The van der Waals surface area contributed by atoms with Crippen molar-refractivity contribution in [1.29, 1.82) is 0 Å². The Morgan fingerprint density at radius 3 is 2.21 bits per heavy atom. The maximum Gasteiger partial charge on any atom is 0.573 e. The van der Waals surface area contributed by atoms with Gasteiger partial charge in [-0.15, -0.1) is 13.2 Å². The van der Waals surface area contributed by atoms with E-state index in [9.17, 15) is 26.4 Å². The molecule has 11 heteroatoms. The number of hydrogen-bond acceptors (Lipinski definition) is 6. The number of nitrogens with one attached hydrogen (secondary N) is 1. The van der Waals surface area contributed by atoms with E-state index < -0.39 is 32.6 Å². The number of rotatable bonds is 6. The minimum atomic E-state index is -4.81. The molecule has 0 radical (unpaired) electrons. The number of amides is 1. The number of alkyl halides is 3. The van der Waals surface area contributed by atoms with Crippen LogP contribution in [0, 0.1) is 5.41 Å². The lowest BCUT2D eigenvalue weighted by molar-refractivity contribution is -0.274. The first-order valence-corrected chi connectivity index (χ1v) is 12.3. The van der Waals surface area contributed by atoms with Crippen LogP contribution in [0.4, 0.5) is 13.2 Å². The van der Waals surface area contributed by atoms with Gasteiger partial charge in [-0.05, 0) is 93.1 Å². The Morgan fingerprint density at radius 2 is 1.59 bits per heavy atom. The summed E-state index contributed by atoms with van der Waals surface area (Å²) >= 11 is 0. The smallest absolute Gasteiger partial charge is 0.457 e. The number of hydrogen-bond donors (Lipinski definition) is 2. The molecule has 3 N–H and O–H groups in total. The van der Waals surface area contributed by atoms with Crippen LogP contribution in [-0.2, 0) is 14.6 Å². The summed E-state index contributed by atoms with van der Waals surface area (Å²) in [4.78, 5) is 12.5. The standard InChI is InChI=1S/C23H25F3N2O5S/c24-23(25,26)33-17-6-4-16(5-7-17)32-18-2-1-3-19(14-18)34(30,31)22(20(27)29)9-8-21(15-22)10-12-28-13-11-21/h1-7,14,28H,8-13,15H2,(H2,27,29). The van der Waals surface area contributed by atoms with Crippen molar-refractivity contribution in [2.24, 2.45) is 11.1 Å². The molecule has 1 atom stereocenters. The fourth-order valence-electron chi connectivity index (χ4n) is 4.98. The van der Waals surface area contributed by atoms with Gasteiger partial charge in [0.15, 0.2) is 14.6 Å². The highest BCUT2D eigenvalue weighted by atomic mass is 32.2. The molecule has 2 aromatic carbocycles. The summed E-state index contributed by atoms with van der Waals surface area (Å²) in [5, 5.41) is 3.26. The third-order valence-corrected chi connectivity index (χ3v) is 9.21. The maximum atomic E-state index is 13.7. The zero-order valence-electron chi connectivity index (χ0n) is 18.2. The van der Waals surface area contributed by atoms with Crippen LogP contribution in [0.15, 0.2) is 53.4 Å². The molecule has 1 spiro atoms. The Hall–Kier alpha value is -2.79. The molecule has 1 amide bonds. The topological polar surface area (TPSA) is 108 Å². The summed E-state index contributed by atoms with van der Waals surface area (Å²) in [5.41, 5.74) is 5.47. The normalized spacial score (nSPS) is 22.4. The Labute approximate surface area is 195 Å². The number of sulfone groups is 1. The molecule has 1 saturated heterocycles. The zero-order chi connectivity index (χ0) is 24.6. The van der Waals surface area contributed by atoms with E-state index in [4.69, 9.17) is 10.5 Å². The molecule has 0 bridgehead atoms. The minimum Gasteiger partial charge on any atom is -0.457 e. The SMILES string of the molecule is NC(=O)C1(S(=O)(=O)c2cccc(Oc3ccc(OC(F)(F)F)cc3)c2)CCC2(CCNCC2)C1. The van der Waals surface area contributed by atoms with E-state index >= 15 is 0 Å². The summed E-state index contributed by atoms with van der Waals surface area (Å²) in [6.07, 6.45) is -2.28. The monoisotopic (exact) mass is 498 g/mol. The molecule has 0 aromatic heterocycles. The average Bonchev–Trinajstić information content (AvgIpc) is 3.15. The van der Waals surface area contributed by atoms with Crippen LogP contribution in [0.2, 0.25) is 0 Å². The number of halogens is 3. The molecule has 1 heterocycles. The zero-order valence-corrected chi connectivity index (χ0v) is 19.0. The van der Waals surface area contributed by atoms with E-state index in [1.807, 2.05) is 0 Å². The van der Waals surface area contributed by atoms with Crippen LogP contribution in [-0.4, -0.2) is 38.5 Å². The van der Waals surface area contributed by atoms with Gasteiger partial charge in [0.1, 0.15) is 17.2 Å². The molecule has 2 fully saturated rings. The number of ether oxygens (including phenoxy) is 2. The Morgan fingerprint density at radius 1 is 0.941 bits per heavy atom. The molecule has 4 rings (SSSR count). The van der Waals surface area contributed by atoms with Gasteiger partial charge in [0.2, 0.25) is 5.91 Å². The van der Waals surface area contributed by atoms with Crippen molar-refractivity contribution in [2.75, 3.05) is 13.1 Å². The van der Waals surface area contributed by atoms with Crippen molar-refractivity contribution in [3.63, 3.8) is 0 Å². The van der Waals surface area contributed by atoms with E-state index in [0.717, 1.165) is 38.1 Å². The van der Waals surface area contributed by atoms with E-state index in [0.29, 0.717) is 6.42 Å². The third kappa shape index (κ3) is 4.72. The second-order valence-electron chi connectivity index (χ2n) is 8.88. The summed E-state index contributed by atoms with van der Waals surface area (Å²) in [7, 11) is -4.14. The van der Waals surface area contributed by atoms with Gasteiger partial charge in [0, 0.05) is 0 Å². The van der Waals surface area contributed by atoms with Crippen molar-refractivity contribution in [1.82, 2.24) is 5.32 Å². The highest BCUT2D eigenvalue weighted by molar-refractivity contribution is 7.93. The van der Waals surface area contributed by atoms with Crippen LogP contribution in [0.25, 0.3) is 0 Å². The number of carbonyl (C=O) groups excluding carboxylic acids is 1. The first-order valence-electron chi connectivity index (χ1n) is 10.8. The Balaban J connectivity index is 1.58. The number of nitrogens with two attached hydrogens (primary N) is 1. The highest BCUT2D eigenvalue weighted by Gasteiger charge is 2.59. The number of piperidine rings is 1. The molecule has 1 aliphatic heterocycles. The van der Waals surface area contributed by atoms with Gasteiger partial charge in [-0.1, -0.05) is 6.07 Å². The van der Waals surface area contributed by atoms with Crippen LogP contribution in [0.3, 0.4) is 0 Å². The van der Waals surface area contributed by atoms with Gasteiger partial charge in [-0.3, -0.25) is 4.79 Å². The molecule has 7 nitrogen and oxygen atoms in total. The molecular weight excluding hydrogens is 473 g/mol. The van der Waals surface area contributed by atoms with E-state index in [1.165, 1.54) is 36.4 Å². The van der Waals surface area contributed by atoms with Gasteiger partial charge in [-0.25, -0.2) is 8.42 Å². The summed E-state index contributed by atoms with van der Waals surface area (Å²) in [6, 6.07) is 10.4. The van der Waals surface area contributed by atoms with Crippen LogP contribution in [0.1, 0.15) is 32.1 Å². The number of carbonyl (C=O) groups is 1. The maximum absolute atomic E-state index is 13.7. The van der Waals surface area contributed by atoms with Crippen LogP contribution in [0.5, 0.6) is 17.2 Å². The Bertz CT molecular complexity index is 1160. The van der Waals surface area contributed by atoms with Crippen molar-refractivity contribution in [3.05, 3.63) is 48.5 Å². The van der Waals surface area contributed by atoms with Gasteiger partial charge in [-0.2, -0.15) is 0 Å². The lowest BCUT2D eigenvalue weighted by Crippen LogP contribution is -2.50. The van der Waals surface area contributed by atoms with E-state index in [1.54, 1.807) is 0 Å². The summed E-state index contributed by atoms with van der Waals surface area (Å²) < 4.78 is 72.2. The van der Waals surface area contributed by atoms with E-state index in [-0.39, 0.29) is 34.7 Å². The quantitative estimate of drug-likeness (QED) is 0.625. The van der Waals surface area contributed by atoms with Gasteiger partial charge in [0.25, 0.3) is 0 Å². The lowest BCUT2D eigenvalue weighted by atomic mass is 9.77. The molecule has 2 aromatic rings. The summed E-state index contributed by atoms with van der Waals surface area (Å²) in [5.74, 6) is -0.926. The van der Waals surface area contributed by atoms with Crippen LogP contribution >= 0.6 is 0 Å².